The molecule has 0 atom stereocenters. The van der Waals surface area contributed by atoms with Crippen molar-refractivity contribution >= 4 is 11.9 Å². The number of carboxylic acids is 1. The number of nitrogens with one attached hydrogen (secondary N) is 1. The van der Waals surface area contributed by atoms with Crippen molar-refractivity contribution in [1.29, 1.82) is 0 Å². The number of carbonyl (C=O) groups is 2. The Balaban J connectivity index is 2.40. The summed E-state index contributed by atoms with van der Waals surface area (Å²) < 4.78 is 0. The van der Waals surface area contributed by atoms with Gasteiger partial charge < -0.3 is 10.4 Å². The molecule has 14 heavy (non-hydrogen) atoms. The Morgan fingerprint density at radius 1 is 1.50 bits per heavy atom. The molecule has 73 valence electrons. The molecule has 6 nitrogen and oxygen atoms in total. The Labute approximate surface area is 80.0 Å². The van der Waals surface area contributed by atoms with Crippen molar-refractivity contribution in [1.82, 2.24) is 15.3 Å². The van der Waals surface area contributed by atoms with Crippen LogP contribution in [0, 0.1) is 6.20 Å². The Bertz CT molecular complexity index is 326. The summed E-state index contributed by atoms with van der Waals surface area (Å²) in [7, 11) is 0. The van der Waals surface area contributed by atoms with Gasteiger partial charge in [0.2, 0.25) is 0 Å². The van der Waals surface area contributed by atoms with E-state index < -0.39 is 11.9 Å². The first-order valence-corrected chi connectivity index (χ1v) is 3.89. The van der Waals surface area contributed by atoms with Crippen LogP contribution in [0.5, 0.6) is 0 Å². The number of nitrogens with zero attached hydrogens (tertiary/aromatic N) is 2. The highest BCUT2D eigenvalue weighted by atomic mass is 16.4. The molecule has 1 rings (SSSR count). The average molecular weight is 194 g/mol. The number of hydrogen-bond acceptors (Lipinski definition) is 4. The molecule has 1 aromatic heterocycles. The third-order valence-electron chi connectivity index (χ3n) is 1.35. The second-order valence-corrected chi connectivity index (χ2v) is 2.42. The zero-order chi connectivity index (χ0) is 10.4. The van der Waals surface area contributed by atoms with Gasteiger partial charge in [-0.1, -0.05) is 0 Å². The zero-order valence-electron chi connectivity index (χ0n) is 7.23. The van der Waals surface area contributed by atoms with Gasteiger partial charge in [-0.05, 0) is 0 Å². The summed E-state index contributed by atoms with van der Waals surface area (Å²) in [6.45, 7) is 0.0680. The number of carbonyl (C=O) groups excluding carboxylic acids is 1. The minimum Gasteiger partial charge on any atom is -0.481 e. The number of amides is 1. The van der Waals surface area contributed by atoms with Crippen molar-refractivity contribution in [2.24, 2.45) is 0 Å². The molecule has 0 saturated heterocycles. The summed E-state index contributed by atoms with van der Waals surface area (Å²) in [4.78, 5) is 28.6. The first kappa shape index (κ1) is 10.1. The van der Waals surface area contributed by atoms with Crippen LogP contribution in [0.15, 0.2) is 12.4 Å². The van der Waals surface area contributed by atoms with E-state index in [9.17, 15) is 9.59 Å². The topological polar surface area (TPSA) is 92.2 Å². The van der Waals surface area contributed by atoms with Crippen molar-refractivity contribution in [2.75, 3.05) is 6.54 Å². The number of aliphatic carboxylic acids is 1. The number of hydrogen-bond donors (Lipinski definition) is 2. The summed E-state index contributed by atoms with van der Waals surface area (Å²) in [5.74, 6) is -1.44. The predicted molar refractivity (Wildman–Crippen MR) is 45.5 cm³/mol. The van der Waals surface area contributed by atoms with E-state index >= 15 is 0 Å². The van der Waals surface area contributed by atoms with Crippen LogP contribution in [0.3, 0.4) is 0 Å². The fourth-order valence-corrected chi connectivity index (χ4v) is 0.745. The maximum Gasteiger partial charge on any atom is 0.305 e. The normalized spacial score (nSPS) is 9.43. The van der Waals surface area contributed by atoms with Gasteiger partial charge >= 0.3 is 5.97 Å². The highest BCUT2D eigenvalue weighted by Crippen LogP contribution is 1.88. The Kier molecular flexibility index (Phi) is 3.54. The maximum atomic E-state index is 11.2. The van der Waals surface area contributed by atoms with Crippen molar-refractivity contribution < 1.29 is 14.7 Å². The first-order chi connectivity index (χ1) is 6.70. The highest BCUT2D eigenvalue weighted by Gasteiger charge is 2.06. The molecule has 0 fully saturated rings. The van der Waals surface area contributed by atoms with Gasteiger partial charge in [-0.15, -0.1) is 0 Å². The van der Waals surface area contributed by atoms with E-state index in [1.54, 1.807) is 0 Å². The molecule has 0 aliphatic carbocycles. The van der Waals surface area contributed by atoms with Crippen LogP contribution >= 0.6 is 0 Å². The third kappa shape index (κ3) is 3.18. The van der Waals surface area contributed by atoms with Gasteiger partial charge in [0.25, 0.3) is 5.91 Å². The first-order valence-electron chi connectivity index (χ1n) is 3.89. The van der Waals surface area contributed by atoms with Gasteiger partial charge in [0.05, 0.1) is 6.42 Å². The van der Waals surface area contributed by atoms with Crippen LogP contribution in [0.1, 0.15) is 16.9 Å². The lowest BCUT2D eigenvalue weighted by molar-refractivity contribution is -0.136. The van der Waals surface area contributed by atoms with E-state index in [1.807, 2.05) is 0 Å². The SMILES string of the molecule is O=C(O)CCNC(=O)c1[c]nccn1. The van der Waals surface area contributed by atoms with Gasteiger partial charge in [0.1, 0.15) is 6.20 Å². The van der Waals surface area contributed by atoms with Crippen LogP contribution in [0.4, 0.5) is 0 Å². The number of carboxylic acid groups (broad SMARTS) is 1. The minimum atomic E-state index is -0.964. The van der Waals surface area contributed by atoms with Gasteiger partial charge in [0, 0.05) is 18.9 Å². The molecule has 6 heteroatoms. The summed E-state index contributed by atoms with van der Waals surface area (Å²) in [5, 5.41) is 10.7. The molecule has 0 unspecified atom stereocenters. The lowest BCUT2D eigenvalue weighted by atomic mass is 10.4. The largest absolute Gasteiger partial charge is 0.481 e. The molecule has 1 heterocycles. The molecule has 0 aliphatic heterocycles. The quantitative estimate of drug-likeness (QED) is 0.672. The summed E-state index contributed by atoms with van der Waals surface area (Å²) >= 11 is 0. The lowest BCUT2D eigenvalue weighted by Crippen LogP contribution is -2.26. The fourth-order valence-electron chi connectivity index (χ4n) is 0.745. The predicted octanol–water partition coefficient (Wildman–Crippen LogP) is -0.519. The summed E-state index contributed by atoms with van der Waals surface area (Å²) in [6, 6.07) is 0. The van der Waals surface area contributed by atoms with E-state index in [1.165, 1.54) is 12.4 Å². The molecule has 1 aromatic rings. The van der Waals surface area contributed by atoms with E-state index in [4.69, 9.17) is 5.11 Å². The number of aromatic nitrogens is 2. The monoisotopic (exact) mass is 194 g/mol. The molecule has 1 radical (unpaired) electrons. The van der Waals surface area contributed by atoms with Crippen LogP contribution in [0.25, 0.3) is 0 Å². The second kappa shape index (κ2) is 4.90. The molecular weight excluding hydrogens is 186 g/mol. The minimum absolute atomic E-state index is 0.0536. The van der Waals surface area contributed by atoms with Crippen LogP contribution in [0.2, 0.25) is 0 Å². The average Bonchev–Trinajstić information content (AvgIpc) is 2.18. The van der Waals surface area contributed by atoms with Crippen molar-refractivity contribution in [2.45, 2.75) is 6.42 Å². The summed E-state index contributed by atoms with van der Waals surface area (Å²) in [6.07, 6.45) is 5.03. The van der Waals surface area contributed by atoms with Gasteiger partial charge in [-0.3, -0.25) is 14.6 Å². The molecule has 0 bridgehead atoms. The molecule has 0 aliphatic rings. The fraction of sp³-hybridized carbons (Fsp3) is 0.250. The van der Waals surface area contributed by atoms with Crippen molar-refractivity contribution in [3.8, 4) is 0 Å². The van der Waals surface area contributed by atoms with Gasteiger partial charge in [0.15, 0.2) is 5.69 Å². The van der Waals surface area contributed by atoms with E-state index in [0.717, 1.165) is 0 Å². The lowest BCUT2D eigenvalue weighted by Gasteiger charge is -2.00. The van der Waals surface area contributed by atoms with Gasteiger partial charge in [-0.25, -0.2) is 4.98 Å². The van der Waals surface area contributed by atoms with Crippen molar-refractivity contribution in [3.05, 3.63) is 24.3 Å². The maximum absolute atomic E-state index is 11.2. The number of rotatable bonds is 4. The second-order valence-electron chi connectivity index (χ2n) is 2.42. The molecule has 1 amide bonds. The Morgan fingerprint density at radius 3 is 2.86 bits per heavy atom. The van der Waals surface area contributed by atoms with E-state index in [0.29, 0.717) is 0 Å². The van der Waals surface area contributed by atoms with Crippen LogP contribution in [-0.2, 0) is 4.79 Å². The molecule has 0 spiro atoms. The zero-order valence-corrected chi connectivity index (χ0v) is 7.23. The Morgan fingerprint density at radius 2 is 2.29 bits per heavy atom. The summed E-state index contributed by atoms with van der Waals surface area (Å²) in [5.41, 5.74) is 0.0536. The Hall–Kier alpha value is -1.98. The standard InChI is InChI=1S/C8H8N3O3/c12-7(13)1-2-11-8(14)6-5-9-3-4-10-6/h3-4H,1-2H2,(H,11,14)(H,12,13). The molecular formula is C8H8N3O3. The van der Waals surface area contributed by atoms with E-state index in [-0.39, 0.29) is 18.7 Å². The van der Waals surface area contributed by atoms with Crippen molar-refractivity contribution in [3.63, 3.8) is 0 Å². The smallest absolute Gasteiger partial charge is 0.305 e. The van der Waals surface area contributed by atoms with Crippen LogP contribution < -0.4 is 5.32 Å². The molecule has 2 N–H and O–H groups in total. The molecule has 0 saturated carbocycles. The molecule has 0 aromatic carbocycles. The van der Waals surface area contributed by atoms with Gasteiger partial charge in [-0.2, -0.15) is 0 Å². The highest BCUT2D eigenvalue weighted by molar-refractivity contribution is 5.91. The van der Waals surface area contributed by atoms with E-state index in [2.05, 4.69) is 21.5 Å². The van der Waals surface area contributed by atoms with Crippen LogP contribution in [-0.4, -0.2) is 33.5 Å². The third-order valence-corrected chi connectivity index (χ3v) is 1.35.